The number of nitrogens with zero attached hydrogens (tertiary/aromatic N) is 1. The molecule has 0 radical (unpaired) electrons. The monoisotopic (exact) mass is 409 g/mol. The fourth-order valence-corrected chi connectivity index (χ4v) is 2.16. The van der Waals surface area contributed by atoms with Crippen molar-refractivity contribution in [3.8, 4) is 11.1 Å². The topological polar surface area (TPSA) is 50.4 Å². The first-order valence-corrected chi connectivity index (χ1v) is 7.39. The Hall–Kier alpha value is -1.56. The standard InChI is InChI=1S/C18H23N3.HI/c1-3-10-20-18(19)21-13-15-7-5-9-17(12-15)16-8-4-6-14(2)11-16;/h4-9,11-12H,3,10,13H2,1-2H3,(H3,19,20,21);1H. The van der Waals surface area contributed by atoms with Crippen molar-refractivity contribution in [1.29, 1.82) is 0 Å². The molecule has 4 heteroatoms. The summed E-state index contributed by atoms with van der Waals surface area (Å²) in [6.07, 6.45) is 1.04. The zero-order valence-electron chi connectivity index (χ0n) is 13.2. The van der Waals surface area contributed by atoms with Gasteiger partial charge in [-0.1, -0.05) is 55.0 Å². The Bertz CT molecular complexity index is 623. The van der Waals surface area contributed by atoms with Crippen LogP contribution >= 0.6 is 24.0 Å². The molecular formula is C18H24IN3. The number of aryl methyl sites for hydroxylation is 1. The molecule has 118 valence electrons. The van der Waals surface area contributed by atoms with Crippen LogP contribution in [0.25, 0.3) is 11.1 Å². The number of benzene rings is 2. The van der Waals surface area contributed by atoms with Gasteiger partial charge < -0.3 is 11.1 Å². The smallest absolute Gasteiger partial charge is 0.188 e. The van der Waals surface area contributed by atoms with Gasteiger partial charge in [-0.15, -0.1) is 24.0 Å². The van der Waals surface area contributed by atoms with Crippen LogP contribution in [0.1, 0.15) is 24.5 Å². The van der Waals surface area contributed by atoms with Crippen LogP contribution in [-0.4, -0.2) is 12.5 Å². The molecule has 0 bridgehead atoms. The predicted molar refractivity (Wildman–Crippen MR) is 106 cm³/mol. The molecule has 0 amide bonds. The molecule has 0 atom stereocenters. The lowest BCUT2D eigenvalue weighted by atomic mass is 10.0. The molecule has 0 heterocycles. The molecule has 2 rings (SSSR count). The Morgan fingerprint density at radius 2 is 1.77 bits per heavy atom. The van der Waals surface area contributed by atoms with Crippen LogP contribution in [0.4, 0.5) is 0 Å². The van der Waals surface area contributed by atoms with Gasteiger partial charge in [0, 0.05) is 6.54 Å². The van der Waals surface area contributed by atoms with Gasteiger partial charge in [0.25, 0.3) is 0 Å². The highest BCUT2D eigenvalue weighted by atomic mass is 127. The summed E-state index contributed by atoms with van der Waals surface area (Å²) >= 11 is 0. The van der Waals surface area contributed by atoms with Crippen LogP contribution < -0.4 is 11.1 Å². The van der Waals surface area contributed by atoms with Gasteiger partial charge >= 0.3 is 0 Å². The summed E-state index contributed by atoms with van der Waals surface area (Å²) in [6.45, 7) is 5.67. The second kappa shape index (κ2) is 9.46. The molecule has 0 fully saturated rings. The largest absolute Gasteiger partial charge is 0.370 e. The molecule has 22 heavy (non-hydrogen) atoms. The van der Waals surface area contributed by atoms with Gasteiger partial charge in [0.1, 0.15) is 0 Å². The summed E-state index contributed by atoms with van der Waals surface area (Å²) < 4.78 is 0. The third kappa shape index (κ3) is 5.67. The Morgan fingerprint density at radius 3 is 2.45 bits per heavy atom. The molecule has 0 aliphatic carbocycles. The summed E-state index contributed by atoms with van der Waals surface area (Å²) in [5.74, 6) is 0.512. The van der Waals surface area contributed by atoms with Gasteiger partial charge in [0.05, 0.1) is 6.54 Å². The van der Waals surface area contributed by atoms with Crippen molar-refractivity contribution < 1.29 is 0 Å². The molecule has 3 N–H and O–H groups in total. The van der Waals surface area contributed by atoms with E-state index < -0.39 is 0 Å². The minimum absolute atomic E-state index is 0. The maximum atomic E-state index is 5.82. The number of nitrogens with two attached hydrogens (primary N) is 1. The molecule has 0 saturated carbocycles. The van der Waals surface area contributed by atoms with E-state index >= 15 is 0 Å². The zero-order valence-corrected chi connectivity index (χ0v) is 15.5. The van der Waals surface area contributed by atoms with E-state index in [1.54, 1.807) is 0 Å². The second-order valence-electron chi connectivity index (χ2n) is 5.20. The average Bonchev–Trinajstić information content (AvgIpc) is 2.51. The summed E-state index contributed by atoms with van der Waals surface area (Å²) in [5, 5.41) is 3.08. The second-order valence-corrected chi connectivity index (χ2v) is 5.20. The first-order valence-electron chi connectivity index (χ1n) is 7.39. The summed E-state index contributed by atoms with van der Waals surface area (Å²) in [7, 11) is 0. The van der Waals surface area contributed by atoms with E-state index in [1.807, 2.05) is 0 Å². The Kier molecular flexibility index (Phi) is 7.95. The number of aliphatic imine (C=N–C) groups is 1. The number of hydrogen-bond acceptors (Lipinski definition) is 1. The zero-order chi connectivity index (χ0) is 15.1. The third-order valence-electron chi connectivity index (χ3n) is 3.27. The van der Waals surface area contributed by atoms with Crippen LogP contribution in [-0.2, 0) is 6.54 Å². The van der Waals surface area contributed by atoms with Crippen molar-refractivity contribution in [2.75, 3.05) is 6.54 Å². The minimum atomic E-state index is 0. The summed E-state index contributed by atoms with van der Waals surface area (Å²) in [4.78, 5) is 4.37. The van der Waals surface area contributed by atoms with Crippen LogP contribution in [0.3, 0.4) is 0 Å². The fourth-order valence-electron chi connectivity index (χ4n) is 2.16. The first-order chi connectivity index (χ1) is 10.2. The highest BCUT2D eigenvalue weighted by Gasteiger charge is 2.00. The molecule has 0 aliphatic heterocycles. The first kappa shape index (κ1) is 18.5. The van der Waals surface area contributed by atoms with E-state index in [-0.39, 0.29) is 24.0 Å². The third-order valence-corrected chi connectivity index (χ3v) is 3.27. The lowest BCUT2D eigenvalue weighted by Crippen LogP contribution is -2.32. The average molecular weight is 409 g/mol. The molecule has 2 aromatic carbocycles. The number of guanidine groups is 1. The summed E-state index contributed by atoms with van der Waals surface area (Å²) in [6, 6.07) is 17.0. The van der Waals surface area contributed by atoms with Gasteiger partial charge in [-0.3, -0.25) is 0 Å². The maximum Gasteiger partial charge on any atom is 0.188 e. The van der Waals surface area contributed by atoms with Crippen molar-refractivity contribution in [1.82, 2.24) is 5.32 Å². The van der Waals surface area contributed by atoms with E-state index in [1.165, 1.54) is 16.7 Å². The van der Waals surface area contributed by atoms with Gasteiger partial charge in [-0.25, -0.2) is 4.99 Å². The van der Waals surface area contributed by atoms with Crippen molar-refractivity contribution >= 4 is 29.9 Å². The quantitative estimate of drug-likeness (QED) is 0.444. The highest BCUT2D eigenvalue weighted by molar-refractivity contribution is 14.0. The van der Waals surface area contributed by atoms with E-state index in [0.717, 1.165) is 18.5 Å². The Balaban J connectivity index is 0.00000242. The molecular weight excluding hydrogens is 385 g/mol. The molecule has 0 saturated heterocycles. The van der Waals surface area contributed by atoms with E-state index in [9.17, 15) is 0 Å². The normalized spacial score (nSPS) is 10.9. The van der Waals surface area contributed by atoms with Crippen molar-refractivity contribution in [2.45, 2.75) is 26.8 Å². The molecule has 2 aromatic rings. The van der Waals surface area contributed by atoms with E-state index in [4.69, 9.17) is 5.73 Å². The predicted octanol–water partition coefficient (Wildman–Crippen LogP) is 4.09. The van der Waals surface area contributed by atoms with Gasteiger partial charge in [0.15, 0.2) is 5.96 Å². The fraction of sp³-hybridized carbons (Fsp3) is 0.278. The molecule has 3 nitrogen and oxygen atoms in total. The lowest BCUT2D eigenvalue weighted by molar-refractivity contribution is 0.825. The number of nitrogens with one attached hydrogen (secondary N) is 1. The van der Waals surface area contributed by atoms with Gasteiger partial charge in [-0.05, 0) is 36.1 Å². The Morgan fingerprint density at radius 1 is 1.09 bits per heavy atom. The molecule has 0 aromatic heterocycles. The van der Waals surface area contributed by atoms with Crippen LogP contribution in [0, 0.1) is 6.92 Å². The lowest BCUT2D eigenvalue weighted by Gasteiger charge is -2.06. The van der Waals surface area contributed by atoms with Crippen molar-refractivity contribution in [2.24, 2.45) is 10.7 Å². The number of hydrogen-bond donors (Lipinski definition) is 2. The molecule has 0 spiro atoms. The van der Waals surface area contributed by atoms with Crippen molar-refractivity contribution in [3.63, 3.8) is 0 Å². The van der Waals surface area contributed by atoms with Gasteiger partial charge in [0.2, 0.25) is 0 Å². The Labute approximate surface area is 150 Å². The minimum Gasteiger partial charge on any atom is -0.370 e. The van der Waals surface area contributed by atoms with Crippen LogP contribution in [0.5, 0.6) is 0 Å². The van der Waals surface area contributed by atoms with E-state index in [2.05, 4.69) is 72.7 Å². The molecule has 0 unspecified atom stereocenters. The van der Waals surface area contributed by atoms with Crippen LogP contribution in [0.15, 0.2) is 53.5 Å². The summed E-state index contributed by atoms with van der Waals surface area (Å²) in [5.41, 5.74) is 10.7. The maximum absolute atomic E-state index is 5.82. The van der Waals surface area contributed by atoms with E-state index in [0.29, 0.717) is 12.5 Å². The van der Waals surface area contributed by atoms with Crippen molar-refractivity contribution in [3.05, 3.63) is 59.7 Å². The number of rotatable bonds is 5. The SMILES string of the molecule is CCCNC(N)=NCc1cccc(-c2cccc(C)c2)c1.I. The highest BCUT2D eigenvalue weighted by Crippen LogP contribution is 2.21. The van der Waals surface area contributed by atoms with Gasteiger partial charge in [-0.2, -0.15) is 0 Å². The molecule has 0 aliphatic rings. The van der Waals surface area contributed by atoms with Crippen LogP contribution in [0.2, 0.25) is 0 Å². The number of halogens is 1.